The minimum Gasteiger partial charge on any atom is -0.480 e. The topological polar surface area (TPSA) is 92.4 Å². The predicted octanol–water partition coefficient (Wildman–Crippen LogP) is 4.24. The Kier molecular flexibility index (Phi) is 15.7. The Morgan fingerprint density at radius 3 is 1.88 bits per heavy atom. The summed E-state index contributed by atoms with van der Waals surface area (Å²) in [5, 5.41) is 11.8. The molecule has 0 saturated heterocycles. The molecule has 1 atom stereocenters. The van der Waals surface area contributed by atoms with Gasteiger partial charge in [-0.15, -0.1) is 0 Å². The molecule has 5 nitrogen and oxygen atoms in total. The van der Waals surface area contributed by atoms with Gasteiger partial charge in [-0.25, -0.2) is 4.79 Å². The van der Waals surface area contributed by atoms with Crippen LogP contribution in [0.5, 0.6) is 0 Å². The van der Waals surface area contributed by atoms with E-state index in [9.17, 15) is 9.59 Å². The molecule has 1 amide bonds. The first-order valence-corrected chi connectivity index (χ1v) is 10.2. The lowest BCUT2D eigenvalue weighted by Crippen LogP contribution is -2.40. The molecule has 0 rings (SSSR count). The summed E-state index contributed by atoms with van der Waals surface area (Å²) in [7, 11) is 0. The molecule has 0 spiro atoms. The maximum Gasteiger partial charge on any atom is 0.326 e. The maximum atomic E-state index is 11.9. The molecule has 0 fully saturated rings. The molecule has 0 aromatic rings. The van der Waals surface area contributed by atoms with Crippen molar-refractivity contribution in [1.82, 2.24) is 5.32 Å². The fourth-order valence-electron chi connectivity index (χ4n) is 2.92. The Balaban J connectivity index is 3.57. The van der Waals surface area contributed by atoms with Gasteiger partial charge in [-0.2, -0.15) is 0 Å². The average Bonchev–Trinajstić information content (AvgIpc) is 2.55. The molecule has 5 heteroatoms. The van der Waals surface area contributed by atoms with Gasteiger partial charge in [0.05, 0.1) is 0 Å². The average molecular weight is 357 g/mol. The van der Waals surface area contributed by atoms with Gasteiger partial charge in [0, 0.05) is 6.42 Å². The smallest absolute Gasteiger partial charge is 0.326 e. The second-order valence-electron chi connectivity index (χ2n) is 7.50. The number of aliphatic carboxylic acids is 1. The van der Waals surface area contributed by atoms with Crippen LogP contribution in [0.25, 0.3) is 0 Å². The number of carbonyl (C=O) groups excluding carboxylic acids is 1. The zero-order valence-corrected chi connectivity index (χ0v) is 16.4. The highest BCUT2D eigenvalue weighted by molar-refractivity contribution is 5.83. The SMILES string of the molecule is CC(C)CCCCCCCCCCC(=O)N[C@@H](CCCCN)C(=O)O. The summed E-state index contributed by atoms with van der Waals surface area (Å²) in [4.78, 5) is 23.0. The van der Waals surface area contributed by atoms with Crippen molar-refractivity contribution in [2.45, 2.75) is 103 Å². The summed E-state index contributed by atoms with van der Waals surface area (Å²) in [6.45, 7) is 5.10. The van der Waals surface area contributed by atoms with Gasteiger partial charge < -0.3 is 16.2 Å². The van der Waals surface area contributed by atoms with Crippen molar-refractivity contribution >= 4 is 11.9 Å². The van der Waals surface area contributed by atoms with Crippen molar-refractivity contribution in [2.24, 2.45) is 11.7 Å². The van der Waals surface area contributed by atoms with Crippen LogP contribution in [-0.4, -0.2) is 29.6 Å². The van der Waals surface area contributed by atoms with Crippen LogP contribution in [0.15, 0.2) is 0 Å². The summed E-state index contributed by atoms with van der Waals surface area (Å²) in [5.41, 5.74) is 5.41. The number of carboxylic acids is 1. The van der Waals surface area contributed by atoms with Crippen molar-refractivity contribution in [1.29, 1.82) is 0 Å². The second-order valence-corrected chi connectivity index (χ2v) is 7.50. The molecule has 0 unspecified atom stereocenters. The number of carbonyl (C=O) groups is 2. The Hall–Kier alpha value is -1.10. The van der Waals surface area contributed by atoms with Crippen molar-refractivity contribution in [3.8, 4) is 0 Å². The molecule has 0 aromatic carbocycles. The number of hydrogen-bond acceptors (Lipinski definition) is 3. The molecule has 148 valence electrons. The maximum absolute atomic E-state index is 11.9. The van der Waals surface area contributed by atoms with Crippen LogP contribution in [0.3, 0.4) is 0 Å². The highest BCUT2D eigenvalue weighted by Gasteiger charge is 2.18. The third kappa shape index (κ3) is 16.1. The number of rotatable bonds is 17. The van der Waals surface area contributed by atoms with Crippen molar-refractivity contribution in [3.05, 3.63) is 0 Å². The Labute approximate surface area is 154 Å². The standard InChI is InChI=1S/C20H40N2O3/c1-17(2)13-9-7-5-3-4-6-8-10-15-19(23)22-18(20(24)25)14-11-12-16-21/h17-18H,3-16,21H2,1-2H3,(H,22,23)(H,24,25)/t18-/m0/s1. The fourth-order valence-corrected chi connectivity index (χ4v) is 2.92. The van der Waals surface area contributed by atoms with Gasteiger partial charge in [-0.05, 0) is 38.1 Å². The number of nitrogens with two attached hydrogens (primary N) is 1. The van der Waals surface area contributed by atoms with Gasteiger partial charge in [-0.1, -0.05) is 65.2 Å². The molecular formula is C20H40N2O3. The van der Waals surface area contributed by atoms with E-state index in [0.717, 1.165) is 38.0 Å². The first-order chi connectivity index (χ1) is 12.0. The molecule has 4 N–H and O–H groups in total. The van der Waals surface area contributed by atoms with Gasteiger partial charge in [0.15, 0.2) is 0 Å². The minimum absolute atomic E-state index is 0.145. The Morgan fingerprint density at radius 1 is 0.840 bits per heavy atom. The Morgan fingerprint density at radius 2 is 1.36 bits per heavy atom. The summed E-state index contributed by atoms with van der Waals surface area (Å²) >= 11 is 0. The molecule has 0 aliphatic heterocycles. The highest BCUT2D eigenvalue weighted by atomic mass is 16.4. The molecule has 25 heavy (non-hydrogen) atoms. The zero-order chi connectivity index (χ0) is 18.9. The molecule has 0 radical (unpaired) electrons. The third-order valence-corrected chi connectivity index (χ3v) is 4.52. The van der Waals surface area contributed by atoms with Gasteiger partial charge in [-0.3, -0.25) is 4.79 Å². The molecule has 0 aliphatic rings. The number of carboxylic acid groups (broad SMARTS) is 1. The van der Waals surface area contributed by atoms with Gasteiger partial charge in [0.2, 0.25) is 5.91 Å². The second kappa shape index (κ2) is 16.4. The summed E-state index contributed by atoms with van der Waals surface area (Å²) in [6.07, 6.45) is 13.3. The van der Waals surface area contributed by atoms with E-state index >= 15 is 0 Å². The van der Waals surface area contributed by atoms with E-state index in [2.05, 4.69) is 19.2 Å². The van der Waals surface area contributed by atoms with E-state index in [1.54, 1.807) is 0 Å². The molecule has 0 aromatic heterocycles. The summed E-state index contributed by atoms with van der Waals surface area (Å²) in [5.74, 6) is -0.288. The van der Waals surface area contributed by atoms with Crippen molar-refractivity contribution in [3.63, 3.8) is 0 Å². The number of hydrogen-bond donors (Lipinski definition) is 3. The molecule has 0 saturated carbocycles. The first-order valence-electron chi connectivity index (χ1n) is 10.2. The lowest BCUT2D eigenvalue weighted by atomic mass is 10.0. The third-order valence-electron chi connectivity index (χ3n) is 4.52. The quantitative estimate of drug-likeness (QED) is 0.340. The van der Waals surface area contributed by atoms with Crippen molar-refractivity contribution in [2.75, 3.05) is 6.54 Å². The molecule has 0 heterocycles. The summed E-state index contributed by atoms with van der Waals surface area (Å²) < 4.78 is 0. The van der Waals surface area contributed by atoms with Crippen LogP contribution in [0.1, 0.15) is 97.3 Å². The molecule has 0 aliphatic carbocycles. The van der Waals surface area contributed by atoms with Crippen molar-refractivity contribution < 1.29 is 14.7 Å². The monoisotopic (exact) mass is 356 g/mol. The van der Waals surface area contributed by atoms with E-state index in [0.29, 0.717) is 19.4 Å². The predicted molar refractivity (Wildman–Crippen MR) is 103 cm³/mol. The van der Waals surface area contributed by atoms with Crippen LogP contribution in [-0.2, 0) is 9.59 Å². The lowest BCUT2D eigenvalue weighted by Gasteiger charge is -2.14. The van der Waals surface area contributed by atoms with Crippen LogP contribution in [0.4, 0.5) is 0 Å². The fraction of sp³-hybridized carbons (Fsp3) is 0.900. The first kappa shape index (κ1) is 23.9. The van der Waals surface area contributed by atoms with E-state index in [1.807, 2.05) is 0 Å². The zero-order valence-electron chi connectivity index (χ0n) is 16.4. The Bertz CT molecular complexity index is 346. The number of unbranched alkanes of at least 4 members (excludes halogenated alkanes) is 8. The van der Waals surface area contributed by atoms with Crippen LogP contribution in [0.2, 0.25) is 0 Å². The largest absolute Gasteiger partial charge is 0.480 e. The highest BCUT2D eigenvalue weighted by Crippen LogP contribution is 2.13. The van der Waals surface area contributed by atoms with Gasteiger partial charge in [0.1, 0.15) is 6.04 Å². The van der Waals surface area contributed by atoms with E-state index in [1.165, 1.54) is 38.5 Å². The van der Waals surface area contributed by atoms with Gasteiger partial charge in [0.25, 0.3) is 0 Å². The van der Waals surface area contributed by atoms with Gasteiger partial charge >= 0.3 is 5.97 Å². The molecular weight excluding hydrogens is 316 g/mol. The van der Waals surface area contributed by atoms with E-state index < -0.39 is 12.0 Å². The summed E-state index contributed by atoms with van der Waals surface area (Å²) in [6, 6.07) is -0.773. The molecule has 0 bridgehead atoms. The minimum atomic E-state index is -0.956. The van der Waals surface area contributed by atoms with E-state index in [4.69, 9.17) is 10.8 Å². The van der Waals surface area contributed by atoms with Crippen LogP contribution >= 0.6 is 0 Å². The lowest BCUT2D eigenvalue weighted by molar-refractivity contribution is -0.142. The number of nitrogens with one attached hydrogen (secondary N) is 1. The number of amides is 1. The van der Waals surface area contributed by atoms with E-state index in [-0.39, 0.29) is 5.91 Å². The normalized spacial score (nSPS) is 12.3. The van der Waals surface area contributed by atoms with Crippen LogP contribution < -0.4 is 11.1 Å². The van der Waals surface area contributed by atoms with Crippen LogP contribution in [0, 0.1) is 5.92 Å².